The lowest BCUT2D eigenvalue weighted by molar-refractivity contribution is -0.117. The van der Waals surface area contributed by atoms with Gasteiger partial charge in [-0.25, -0.2) is 9.18 Å². The molecule has 1 fully saturated rings. The molecule has 30 heavy (non-hydrogen) atoms. The topological polar surface area (TPSA) is 59.5 Å². The monoisotopic (exact) mass is 406 g/mol. The maximum absolute atomic E-state index is 14.6. The van der Waals surface area contributed by atoms with Crippen molar-refractivity contribution < 1.29 is 18.7 Å². The van der Waals surface area contributed by atoms with Gasteiger partial charge in [-0.3, -0.25) is 9.78 Å². The van der Waals surface area contributed by atoms with E-state index >= 15 is 0 Å². The first-order valence-electron chi connectivity index (χ1n) is 9.88. The quantitative estimate of drug-likeness (QED) is 0.584. The van der Waals surface area contributed by atoms with Gasteiger partial charge in [-0.05, 0) is 62.1 Å². The number of pyridine rings is 1. The van der Waals surface area contributed by atoms with E-state index < -0.39 is 17.4 Å². The Balaban J connectivity index is 1.55. The van der Waals surface area contributed by atoms with Crippen molar-refractivity contribution in [2.24, 2.45) is 0 Å². The second-order valence-electron chi connectivity index (χ2n) is 8.55. The molecule has 1 amide bonds. The van der Waals surface area contributed by atoms with Crippen LogP contribution >= 0.6 is 0 Å². The Morgan fingerprint density at radius 3 is 2.67 bits per heavy atom. The van der Waals surface area contributed by atoms with Gasteiger partial charge in [0.05, 0.1) is 5.56 Å². The second-order valence-corrected chi connectivity index (χ2v) is 8.55. The first kappa shape index (κ1) is 20.0. The number of fused-ring (bicyclic) bond motifs is 1. The van der Waals surface area contributed by atoms with E-state index in [4.69, 9.17) is 4.74 Å². The fourth-order valence-electron chi connectivity index (χ4n) is 3.70. The molecule has 2 aromatic carbocycles. The molecule has 1 aliphatic rings. The number of aromatic nitrogens is 1. The number of ether oxygens (including phenoxy) is 1. The molecule has 1 aromatic heterocycles. The van der Waals surface area contributed by atoms with Gasteiger partial charge in [0, 0.05) is 42.4 Å². The van der Waals surface area contributed by atoms with Crippen molar-refractivity contribution in [3.8, 4) is 0 Å². The molecule has 154 valence electrons. The van der Waals surface area contributed by atoms with Crippen LogP contribution in [0.15, 0.2) is 54.9 Å². The fraction of sp³-hybridized carbons (Fsp3) is 0.292. The lowest BCUT2D eigenvalue weighted by atomic mass is 9.96. The first-order valence-corrected chi connectivity index (χ1v) is 9.88. The van der Waals surface area contributed by atoms with Crippen molar-refractivity contribution in [3.05, 3.63) is 71.8 Å². The van der Waals surface area contributed by atoms with Gasteiger partial charge in [0.2, 0.25) is 5.91 Å². The summed E-state index contributed by atoms with van der Waals surface area (Å²) in [5.74, 6) is -1.48. The van der Waals surface area contributed by atoms with Crippen LogP contribution in [0, 0.1) is 5.82 Å². The third kappa shape index (κ3) is 4.03. The summed E-state index contributed by atoms with van der Waals surface area (Å²) in [4.78, 5) is 30.7. The molecule has 1 atom stereocenters. The van der Waals surface area contributed by atoms with Crippen molar-refractivity contribution in [3.63, 3.8) is 0 Å². The van der Waals surface area contributed by atoms with Crippen LogP contribution in [0.1, 0.15) is 49.0 Å². The van der Waals surface area contributed by atoms with Gasteiger partial charge in [0.15, 0.2) is 0 Å². The Bertz CT molecular complexity index is 1140. The fourth-order valence-corrected chi connectivity index (χ4v) is 3.70. The Morgan fingerprint density at radius 1 is 1.13 bits per heavy atom. The van der Waals surface area contributed by atoms with E-state index in [-0.39, 0.29) is 17.4 Å². The van der Waals surface area contributed by atoms with E-state index in [1.807, 2.05) is 24.3 Å². The Kier molecular flexibility index (Phi) is 5.02. The van der Waals surface area contributed by atoms with Crippen molar-refractivity contribution >= 4 is 28.3 Å². The normalized spacial score (nSPS) is 16.9. The highest BCUT2D eigenvalue weighted by Gasteiger charge is 2.32. The second kappa shape index (κ2) is 7.52. The minimum absolute atomic E-state index is 0.00923. The number of carbonyl (C=O) groups is 2. The maximum atomic E-state index is 14.6. The number of nitrogens with zero attached hydrogens (tertiary/aromatic N) is 2. The lowest BCUT2D eigenvalue weighted by Crippen LogP contribution is -2.24. The van der Waals surface area contributed by atoms with E-state index in [0.717, 1.165) is 16.5 Å². The number of benzene rings is 2. The average Bonchev–Trinajstić information content (AvgIpc) is 3.08. The molecule has 1 unspecified atom stereocenters. The molecule has 1 saturated heterocycles. The number of halogens is 1. The predicted octanol–water partition coefficient (Wildman–Crippen LogP) is 4.85. The summed E-state index contributed by atoms with van der Waals surface area (Å²) in [6, 6.07) is 12.2. The summed E-state index contributed by atoms with van der Waals surface area (Å²) in [5, 5.41) is 2.01. The molecule has 5 nitrogen and oxygen atoms in total. The molecule has 0 aliphatic carbocycles. The molecule has 0 radical (unpaired) electrons. The molecule has 4 rings (SSSR count). The summed E-state index contributed by atoms with van der Waals surface area (Å²) in [7, 11) is 0. The number of anilines is 1. The molecule has 0 saturated carbocycles. The van der Waals surface area contributed by atoms with Crippen LogP contribution in [0.2, 0.25) is 0 Å². The standard InChI is InChI=1S/C24H23FN2O3/c1-24(2,3)30-23(29)20-7-5-15(11-21(20)25)18-12-22(28)27(14-18)19-6-4-17-13-26-9-8-16(17)10-19/h4-11,13,18H,12,14H2,1-3H3. The molecule has 2 heterocycles. The maximum Gasteiger partial charge on any atom is 0.341 e. The molecular weight excluding hydrogens is 383 g/mol. The lowest BCUT2D eigenvalue weighted by Gasteiger charge is -2.20. The molecule has 3 aromatic rings. The summed E-state index contributed by atoms with van der Waals surface area (Å²) in [6.07, 6.45) is 3.79. The minimum Gasteiger partial charge on any atom is -0.456 e. The van der Waals surface area contributed by atoms with Gasteiger partial charge in [-0.2, -0.15) is 0 Å². The van der Waals surface area contributed by atoms with Crippen LogP contribution in [-0.4, -0.2) is 29.0 Å². The summed E-state index contributed by atoms with van der Waals surface area (Å²) >= 11 is 0. The zero-order chi connectivity index (χ0) is 21.5. The SMILES string of the molecule is CC(C)(C)OC(=O)c1ccc(C2CC(=O)N(c3ccc4cnccc4c3)C2)cc1F. The summed E-state index contributed by atoms with van der Waals surface area (Å²) in [5.41, 5.74) is 0.710. The van der Waals surface area contributed by atoms with Gasteiger partial charge >= 0.3 is 5.97 Å². The number of hydrogen-bond donors (Lipinski definition) is 0. The Labute approximate surface area is 174 Å². The summed E-state index contributed by atoms with van der Waals surface area (Å²) < 4.78 is 19.9. The first-order chi connectivity index (χ1) is 14.2. The molecule has 1 aliphatic heterocycles. The number of amides is 1. The Hall–Kier alpha value is -3.28. The van der Waals surface area contributed by atoms with E-state index in [9.17, 15) is 14.0 Å². The van der Waals surface area contributed by atoms with Crippen LogP contribution in [0.4, 0.5) is 10.1 Å². The van der Waals surface area contributed by atoms with Crippen molar-refractivity contribution in [2.75, 3.05) is 11.4 Å². The van der Waals surface area contributed by atoms with Gasteiger partial charge < -0.3 is 9.64 Å². The highest BCUT2D eigenvalue weighted by atomic mass is 19.1. The van der Waals surface area contributed by atoms with Crippen LogP contribution in [0.5, 0.6) is 0 Å². The smallest absolute Gasteiger partial charge is 0.341 e. The van der Waals surface area contributed by atoms with E-state index in [1.54, 1.807) is 44.1 Å². The van der Waals surface area contributed by atoms with Gasteiger partial charge in [0.1, 0.15) is 11.4 Å². The van der Waals surface area contributed by atoms with Crippen molar-refractivity contribution in [2.45, 2.75) is 38.7 Å². The molecular formula is C24H23FN2O3. The minimum atomic E-state index is -0.698. The summed E-state index contributed by atoms with van der Waals surface area (Å²) in [6.45, 7) is 5.66. The zero-order valence-corrected chi connectivity index (χ0v) is 17.2. The molecule has 6 heteroatoms. The molecule has 0 spiro atoms. The van der Waals surface area contributed by atoms with E-state index in [1.165, 1.54) is 12.1 Å². The van der Waals surface area contributed by atoms with Crippen LogP contribution in [-0.2, 0) is 9.53 Å². The van der Waals surface area contributed by atoms with Gasteiger partial charge in [-0.1, -0.05) is 12.1 Å². The van der Waals surface area contributed by atoms with Gasteiger partial charge in [0.25, 0.3) is 0 Å². The highest BCUT2D eigenvalue weighted by molar-refractivity contribution is 5.98. The Morgan fingerprint density at radius 2 is 1.93 bits per heavy atom. The molecule has 0 N–H and O–H groups in total. The van der Waals surface area contributed by atoms with Crippen molar-refractivity contribution in [1.82, 2.24) is 4.98 Å². The predicted molar refractivity (Wildman–Crippen MR) is 113 cm³/mol. The van der Waals surface area contributed by atoms with Crippen LogP contribution < -0.4 is 4.90 Å². The number of hydrogen-bond acceptors (Lipinski definition) is 4. The van der Waals surface area contributed by atoms with Crippen molar-refractivity contribution in [1.29, 1.82) is 0 Å². The van der Waals surface area contributed by atoms with Crippen LogP contribution in [0.25, 0.3) is 10.8 Å². The van der Waals surface area contributed by atoms with E-state index in [2.05, 4.69) is 4.98 Å². The van der Waals surface area contributed by atoms with Gasteiger partial charge in [-0.15, -0.1) is 0 Å². The average molecular weight is 406 g/mol. The zero-order valence-electron chi connectivity index (χ0n) is 17.2. The highest BCUT2D eigenvalue weighted by Crippen LogP contribution is 2.33. The molecule has 0 bridgehead atoms. The van der Waals surface area contributed by atoms with Crippen LogP contribution in [0.3, 0.4) is 0 Å². The van der Waals surface area contributed by atoms with E-state index in [0.29, 0.717) is 18.5 Å². The number of esters is 1. The third-order valence-corrected chi connectivity index (χ3v) is 5.14. The third-order valence-electron chi connectivity index (χ3n) is 5.14. The number of rotatable bonds is 3. The number of carbonyl (C=O) groups excluding carboxylic acids is 2. The largest absolute Gasteiger partial charge is 0.456 e.